The number of aliphatic hydroxyl groups is 1. The van der Waals surface area contributed by atoms with Gasteiger partial charge in [-0.05, 0) is 55.5 Å². The minimum Gasteiger partial charge on any atom is -0.393 e. The topological polar surface area (TPSA) is 87.1 Å². The Kier molecular flexibility index (Phi) is 5.31. The van der Waals surface area contributed by atoms with Gasteiger partial charge in [0.15, 0.2) is 5.13 Å². The molecule has 0 saturated heterocycles. The Morgan fingerprint density at radius 1 is 1.22 bits per heavy atom. The lowest BCUT2D eigenvalue weighted by molar-refractivity contribution is 0.0951. The molecule has 2 heterocycles. The van der Waals surface area contributed by atoms with Crippen LogP contribution in [0.4, 0.5) is 5.13 Å². The van der Waals surface area contributed by atoms with Crippen LogP contribution in [0.25, 0.3) is 10.2 Å². The van der Waals surface area contributed by atoms with Crippen LogP contribution in [-0.4, -0.2) is 33.1 Å². The molecule has 0 bridgehead atoms. The maximum Gasteiger partial charge on any atom is 0.251 e. The van der Waals surface area contributed by atoms with Gasteiger partial charge in [0.05, 0.1) is 16.3 Å². The highest BCUT2D eigenvalue weighted by Gasteiger charge is 2.20. The summed E-state index contributed by atoms with van der Waals surface area (Å²) in [4.78, 5) is 21.1. The molecule has 1 aromatic carbocycles. The third-order valence-electron chi connectivity index (χ3n) is 4.85. The molecule has 3 N–H and O–H groups in total. The largest absolute Gasteiger partial charge is 0.393 e. The third-order valence-corrected chi connectivity index (χ3v) is 5.80. The van der Waals surface area contributed by atoms with Crippen LogP contribution in [-0.2, 0) is 6.54 Å². The number of aliphatic hydroxyl groups excluding tert-OH is 1. The number of rotatable bonds is 5. The molecule has 0 unspecified atom stereocenters. The Morgan fingerprint density at radius 2 is 2.07 bits per heavy atom. The number of hydrogen-bond donors (Lipinski definition) is 3. The van der Waals surface area contributed by atoms with Gasteiger partial charge in [-0.1, -0.05) is 17.4 Å². The van der Waals surface area contributed by atoms with Crippen molar-refractivity contribution in [1.82, 2.24) is 15.3 Å². The van der Waals surface area contributed by atoms with Gasteiger partial charge in [0.2, 0.25) is 0 Å². The first-order chi connectivity index (χ1) is 13.2. The first kappa shape index (κ1) is 17.9. The van der Waals surface area contributed by atoms with Crippen LogP contribution >= 0.6 is 11.3 Å². The number of nitrogens with zero attached hydrogens (tertiary/aromatic N) is 2. The van der Waals surface area contributed by atoms with Gasteiger partial charge in [-0.3, -0.25) is 9.78 Å². The number of pyridine rings is 1. The summed E-state index contributed by atoms with van der Waals surface area (Å²) >= 11 is 1.56. The summed E-state index contributed by atoms with van der Waals surface area (Å²) in [5, 5.41) is 16.9. The number of benzene rings is 1. The van der Waals surface area contributed by atoms with Gasteiger partial charge >= 0.3 is 0 Å². The second kappa shape index (κ2) is 8.02. The molecule has 6 nitrogen and oxygen atoms in total. The zero-order valence-electron chi connectivity index (χ0n) is 14.9. The highest BCUT2D eigenvalue weighted by atomic mass is 32.1. The number of aromatic nitrogens is 2. The number of carbonyl (C=O) groups is 1. The summed E-state index contributed by atoms with van der Waals surface area (Å²) in [5.41, 5.74) is 2.48. The molecule has 1 aliphatic carbocycles. The molecule has 0 atom stereocenters. The average Bonchev–Trinajstić information content (AvgIpc) is 3.10. The van der Waals surface area contributed by atoms with Crippen LogP contribution in [0.5, 0.6) is 0 Å². The highest BCUT2D eigenvalue weighted by molar-refractivity contribution is 7.22. The second-order valence-corrected chi connectivity index (χ2v) is 7.93. The van der Waals surface area contributed by atoms with Crippen molar-refractivity contribution in [2.24, 2.45) is 0 Å². The molecule has 140 valence electrons. The molecular formula is C20H22N4O2S. The molecule has 2 aromatic heterocycles. The maximum absolute atomic E-state index is 12.4. The van der Waals surface area contributed by atoms with E-state index in [9.17, 15) is 9.90 Å². The van der Waals surface area contributed by atoms with E-state index in [-0.39, 0.29) is 12.0 Å². The minimum absolute atomic E-state index is 0.107. The predicted octanol–water partition coefficient (Wildman–Crippen LogP) is 3.34. The lowest BCUT2D eigenvalue weighted by atomic mass is 9.93. The number of hydrogen-bond acceptors (Lipinski definition) is 6. The molecular weight excluding hydrogens is 360 g/mol. The molecule has 27 heavy (non-hydrogen) atoms. The fourth-order valence-corrected chi connectivity index (χ4v) is 4.29. The van der Waals surface area contributed by atoms with E-state index >= 15 is 0 Å². The second-order valence-electron chi connectivity index (χ2n) is 6.90. The van der Waals surface area contributed by atoms with E-state index in [1.54, 1.807) is 29.8 Å². The smallest absolute Gasteiger partial charge is 0.251 e. The fraction of sp³-hybridized carbons (Fsp3) is 0.350. The Hall–Kier alpha value is -2.51. The van der Waals surface area contributed by atoms with Crippen LogP contribution in [0.1, 0.15) is 41.6 Å². The van der Waals surface area contributed by atoms with E-state index < -0.39 is 0 Å². The Bertz CT molecular complexity index is 920. The standard InChI is InChI=1S/C20H22N4O2S/c25-16-6-4-15(5-7-16)23-20-24-17-8-3-14(10-18(17)27-20)19(26)22-12-13-2-1-9-21-11-13/h1-3,8-11,15-16,25H,4-7,12H2,(H,22,26)(H,23,24). The van der Waals surface area contributed by atoms with Gasteiger partial charge in [-0.25, -0.2) is 4.98 Å². The van der Waals surface area contributed by atoms with Gasteiger partial charge in [-0.15, -0.1) is 0 Å². The third kappa shape index (κ3) is 4.43. The summed E-state index contributed by atoms with van der Waals surface area (Å²) in [7, 11) is 0. The van der Waals surface area contributed by atoms with Gasteiger partial charge in [0, 0.05) is 30.5 Å². The lowest BCUT2D eigenvalue weighted by Gasteiger charge is -2.25. The highest BCUT2D eigenvalue weighted by Crippen LogP contribution is 2.29. The Morgan fingerprint density at radius 3 is 2.85 bits per heavy atom. The summed E-state index contributed by atoms with van der Waals surface area (Å²) in [6, 6.07) is 9.73. The number of anilines is 1. The number of fused-ring (bicyclic) bond motifs is 1. The number of amides is 1. The molecule has 3 aromatic rings. The molecule has 1 fully saturated rings. The van der Waals surface area contributed by atoms with Crippen molar-refractivity contribution in [1.29, 1.82) is 0 Å². The van der Waals surface area contributed by atoms with Crippen LogP contribution in [0.2, 0.25) is 0 Å². The van der Waals surface area contributed by atoms with E-state index in [4.69, 9.17) is 0 Å². The minimum atomic E-state index is -0.161. The van der Waals surface area contributed by atoms with Gasteiger partial charge in [0.1, 0.15) is 0 Å². The van der Waals surface area contributed by atoms with E-state index in [2.05, 4.69) is 20.6 Å². The van der Waals surface area contributed by atoms with Crippen molar-refractivity contribution in [3.05, 3.63) is 53.9 Å². The average molecular weight is 382 g/mol. The van der Waals surface area contributed by atoms with Crippen molar-refractivity contribution in [3.8, 4) is 0 Å². The van der Waals surface area contributed by atoms with E-state index in [0.717, 1.165) is 46.6 Å². The van der Waals surface area contributed by atoms with Crippen molar-refractivity contribution in [3.63, 3.8) is 0 Å². The molecule has 1 amide bonds. The van der Waals surface area contributed by atoms with Crippen LogP contribution < -0.4 is 10.6 Å². The molecule has 0 aliphatic heterocycles. The van der Waals surface area contributed by atoms with Crippen LogP contribution in [0.3, 0.4) is 0 Å². The number of nitrogens with one attached hydrogen (secondary N) is 2. The zero-order chi connectivity index (χ0) is 18.6. The maximum atomic E-state index is 12.4. The molecule has 1 saturated carbocycles. The van der Waals surface area contributed by atoms with E-state index in [1.807, 2.05) is 24.3 Å². The first-order valence-corrected chi connectivity index (χ1v) is 10.0. The Balaban J connectivity index is 1.42. The molecule has 0 radical (unpaired) electrons. The number of carbonyl (C=O) groups excluding carboxylic acids is 1. The number of thiazole rings is 1. The summed E-state index contributed by atoms with van der Waals surface area (Å²) in [6.07, 6.45) is 6.89. The van der Waals surface area contributed by atoms with Crippen LogP contribution in [0, 0.1) is 0 Å². The van der Waals surface area contributed by atoms with Crippen molar-refractivity contribution < 1.29 is 9.90 Å². The normalized spacial score (nSPS) is 19.7. The monoisotopic (exact) mass is 382 g/mol. The summed E-state index contributed by atoms with van der Waals surface area (Å²) < 4.78 is 0.988. The van der Waals surface area contributed by atoms with Crippen molar-refractivity contribution in [2.45, 2.75) is 44.4 Å². The quantitative estimate of drug-likeness (QED) is 0.630. The van der Waals surface area contributed by atoms with E-state index in [1.165, 1.54) is 0 Å². The van der Waals surface area contributed by atoms with E-state index in [0.29, 0.717) is 18.2 Å². The first-order valence-electron chi connectivity index (χ1n) is 9.20. The van der Waals surface area contributed by atoms with Crippen LogP contribution in [0.15, 0.2) is 42.7 Å². The SMILES string of the molecule is O=C(NCc1cccnc1)c1ccc2nc(NC3CCC(O)CC3)sc2c1. The van der Waals surface area contributed by atoms with Crippen molar-refractivity contribution >= 4 is 32.6 Å². The van der Waals surface area contributed by atoms with Crippen molar-refractivity contribution in [2.75, 3.05) is 5.32 Å². The lowest BCUT2D eigenvalue weighted by Crippen LogP contribution is -2.28. The Labute approximate surface area is 161 Å². The summed E-state index contributed by atoms with van der Waals surface area (Å²) in [5.74, 6) is -0.107. The predicted molar refractivity (Wildman–Crippen MR) is 107 cm³/mol. The summed E-state index contributed by atoms with van der Waals surface area (Å²) in [6.45, 7) is 0.452. The molecule has 1 aliphatic rings. The molecule has 7 heteroatoms. The fourth-order valence-electron chi connectivity index (χ4n) is 3.31. The van der Waals surface area contributed by atoms with Gasteiger partial charge < -0.3 is 15.7 Å². The molecule has 4 rings (SSSR count). The van der Waals surface area contributed by atoms with Gasteiger partial charge in [-0.2, -0.15) is 0 Å². The molecule has 0 spiro atoms. The zero-order valence-corrected chi connectivity index (χ0v) is 15.7. The van der Waals surface area contributed by atoms with Gasteiger partial charge in [0.25, 0.3) is 5.91 Å².